The van der Waals surface area contributed by atoms with Crippen LogP contribution in [0.2, 0.25) is 0 Å². The minimum absolute atomic E-state index is 0. The number of benzene rings is 1. The smallest absolute Gasteiger partial charge is 0.223 e. The number of carbonyl (C=O) groups excluding carboxylic acids is 1. The predicted molar refractivity (Wildman–Crippen MR) is 96.4 cm³/mol. The van der Waals surface area contributed by atoms with Crippen LogP contribution in [-0.4, -0.2) is 32.1 Å². The van der Waals surface area contributed by atoms with Crippen LogP contribution in [0.15, 0.2) is 24.3 Å². The number of ether oxygens (including phenoxy) is 1. The fourth-order valence-corrected chi connectivity index (χ4v) is 2.43. The number of amides is 1. The van der Waals surface area contributed by atoms with Crippen molar-refractivity contribution >= 4 is 18.3 Å². The molecule has 1 aliphatic heterocycles. The molecule has 1 heterocycles. The summed E-state index contributed by atoms with van der Waals surface area (Å²) in [6.07, 6.45) is 0. The minimum atomic E-state index is 0. The van der Waals surface area contributed by atoms with E-state index in [0.29, 0.717) is 19.1 Å². The molecule has 1 aromatic carbocycles. The number of nitrogens with one attached hydrogen (secondary N) is 2. The third-order valence-corrected chi connectivity index (χ3v) is 4.32. The Hall–Kier alpha value is -1.26. The SMILES string of the molecule is CC(C(=O)NCCOc1ccc(C(C)(C)C)cc1)C1CNC1.Cl. The summed E-state index contributed by atoms with van der Waals surface area (Å²) in [4.78, 5) is 11.9. The lowest BCUT2D eigenvalue weighted by Gasteiger charge is -2.31. The number of rotatable bonds is 6. The van der Waals surface area contributed by atoms with Crippen LogP contribution in [0.5, 0.6) is 5.75 Å². The quantitative estimate of drug-likeness (QED) is 0.783. The Kier molecular flexibility index (Phi) is 7.36. The lowest BCUT2D eigenvalue weighted by molar-refractivity contribution is -0.126. The van der Waals surface area contributed by atoms with E-state index in [9.17, 15) is 4.79 Å². The molecular weight excluding hydrogens is 312 g/mol. The second kappa shape index (κ2) is 8.55. The molecule has 1 saturated heterocycles. The van der Waals surface area contributed by atoms with E-state index in [-0.39, 0.29) is 29.6 Å². The van der Waals surface area contributed by atoms with Crippen molar-refractivity contribution < 1.29 is 9.53 Å². The number of carbonyl (C=O) groups is 1. The zero-order valence-corrected chi connectivity index (χ0v) is 15.3. The standard InChI is InChI=1S/C18H28N2O2.ClH/c1-13(14-11-19-12-14)17(21)20-9-10-22-16-7-5-15(6-8-16)18(2,3)4;/h5-8,13-14,19H,9-12H2,1-4H3,(H,20,21);1H. The second-order valence-electron chi connectivity index (χ2n) is 7.12. The normalized spacial score (nSPS) is 16.0. The summed E-state index contributed by atoms with van der Waals surface area (Å²) in [7, 11) is 0. The van der Waals surface area contributed by atoms with Crippen molar-refractivity contribution in [3.63, 3.8) is 0 Å². The van der Waals surface area contributed by atoms with Crippen LogP contribution in [0.3, 0.4) is 0 Å². The van der Waals surface area contributed by atoms with Gasteiger partial charge < -0.3 is 15.4 Å². The summed E-state index contributed by atoms with van der Waals surface area (Å²) in [6.45, 7) is 11.5. The van der Waals surface area contributed by atoms with Crippen molar-refractivity contribution in [2.75, 3.05) is 26.2 Å². The molecule has 0 radical (unpaired) electrons. The summed E-state index contributed by atoms with van der Waals surface area (Å²) in [5, 5.41) is 6.14. The van der Waals surface area contributed by atoms with E-state index in [4.69, 9.17) is 4.74 Å². The van der Waals surface area contributed by atoms with Crippen LogP contribution < -0.4 is 15.4 Å². The van der Waals surface area contributed by atoms with Crippen LogP contribution >= 0.6 is 12.4 Å². The maximum absolute atomic E-state index is 11.9. The van der Waals surface area contributed by atoms with Crippen molar-refractivity contribution in [1.82, 2.24) is 10.6 Å². The molecule has 1 atom stereocenters. The molecule has 0 spiro atoms. The molecule has 1 unspecified atom stereocenters. The Morgan fingerprint density at radius 3 is 2.39 bits per heavy atom. The maximum Gasteiger partial charge on any atom is 0.223 e. The van der Waals surface area contributed by atoms with E-state index in [0.717, 1.165) is 18.8 Å². The lowest BCUT2D eigenvalue weighted by Crippen LogP contribution is -2.49. The van der Waals surface area contributed by atoms with Gasteiger partial charge in [0.1, 0.15) is 12.4 Å². The van der Waals surface area contributed by atoms with E-state index < -0.39 is 0 Å². The Morgan fingerprint density at radius 2 is 1.91 bits per heavy atom. The van der Waals surface area contributed by atoms with Crippen molar-refractivity contribution in [3.8, 4) is 5.75 Å². The Bertz CT molecular complexity index is 493. The van der Waals surface area contributed by atoms with Gasteiger partial charge in [-0.2, -0.15) is 0 Å². The summed E-state index contributed by atoms with van der Waals surface area (Å²) in [6, 6.07) is 8.18. The Morgan fingerprint density at radius 1 is 1.30 bits per heavy atom. The van der Waals surface area contributed by atoms with Gasteiger partial charge in [-0.05, 0) is 42.1 Å². The molecule has 0 aromatic heterocycles. The van der Waals surface area contributed by atoms with E-state index in [1.165, 1.54) is 5.56 Å². The molecule has 130 valence electrons. The van der Waals surface area contributed by atoms with Gasteiger partial charge in [0.15, 0.2) is 0 Å². The van der Waals surface area contributed by atoms with Gasteiger partial charge in [-0.3, -0.25) is 4.79 Å². The molecule has 1 amide bonds. The Balaban J connectivity index is 0.00000264. The molecule has 5 heteroatoms. The Labute approximate surface area is 145 Å². The molecule has 1 aromatic rings. The van der Waals surface area contributed by atoms with Gasteiger partial charge >= 0.3 is 0 Å². The second-order valence-corrected chi connectivity index (χ2v) is 7.12. The van der Waals surface area contributed by atoms with Gasteiger partial charge in [-0.25, -0.2) is 0 Å². The van der Waals surface area contributed by atoms with Crippen molar-refractivity contribution in [2.24, 2.45) is 11.8 Å². The van der Waals surface area contributed by atoms with Crippen molar-refractivity contribution in [2.45, 2.75) is 33.1 Å². The highest BCUT2D eigenvalue weighted by molar-refractivity contribution is 5.85. The predicted octanol–water partition coefficient (Wildman–Crippen LogP) is 2.76. The first kappa shape index (κ1) is 19.8. The van der Waals surface area contributed by atoms with Gasteiger partial charge in [0, 0.05) is 5.92 Å². The van der Waals surface area contributed by atoms with E-state index in [1.807, 2.05) is 19.1 Å². The highest BCUT2D eigenvalue weighted by Gasteiger charge is 2.28. The molecular formula is C18H29ClN2O2. The molecule has 23 heavy (non-hydrogen) atoms. The molecule has 2 N–H and O–H groups in total. The fourth-order valence-electron chi connectivity index (χ4n) is 2.43. The molecule has 4 nitrogen and oxygen atoms in total. The van der Waals surface area contributed by atoms with E-state index >= 15 is 0 Å². The molecule has 2 rings (SSSR count). The summed E-state index contributed by atoms with van der Waals surface area (Å²) < 4.78 is 5.68. The van der Waals surface area contributed by atoms with Crippen LogP contribution in [0.25, 0.3) is 0 Å². The topological polar surface area (TPSA) is 50.4 Å². The van der Waals surface area contributed by atoms with Gasteiger partial charge in [0.2, 0.25) is 5.91 Å². The number of hydrogen-bond donors (Lipinski definition) is 2. The van der Waals surface area contributed by atoms with Crippen molar-refractivity contribution in [1.29, 1.82) is 0 Å². The molecule has 0 saturated carbocycles. The van der Waals surface area contributed by atoms with Crippen LogP contribution in [0.1, 0.15) is 33.3 Å². The first-order valence-corrected chi connectivity index (χ1v) is 8.09. The molecule has 1 fully saturated rings. The fraction of sp³-hybridized carbons (Fsp3) is 0.611. The van der Waals surface area contributed by atoms with Gasteiger partial charge in [0.25, 0.3) is 0 Å². The average Bonchev–Trinajstić information content (AvgIpc) is 2.41. The van der Waals surface area contributed by atoms with Crippen molar-refractivity contribution in [3.05, 3.63) is 29.8 Å². The highest BCUT2D eigenvalue weighted by atomic mass is 35.5. The number of halogens is 1. The molecule has 1 aliphatic rings. The molecule has 0 bridgehead atoms. The summed E-state index contributed by atoms with van der Waals surface area (Å²) in [5.41, 5.74) is 1.44. The minimum Gasteiger partial charge on any atom is -0.492 e. The lowest BCUT2D eigenvalue weighted by atomic mass is 9.87. The monoisotopic (exact) mass is 340 g/mol. The first-order chi connectivity index (χ1) is 10.4. The van der Waals surface area contributed by atoms with Gasteiger partial charge in [-0.1, -0.05) is 39.8 Å². The van der Waals surface area contributed by atoms with Gasteiger partial charge in [-0.15, -0.1) is 12.4 Å². The first-order valence-electron chi connectivity index (χ1n) is 8.09. The number of hydrogen-bond acceptors (Lipinski definition) is 3. The highest BCUT2D eigenvalue weighted by Crippen LogP contribution is 2.24. The van der Waals surface area contributed by atoms with Gasteiger partial charge in [0.05, 0.1) is 6.54 Å². The maximum atomic E-state index is 11.9. The summed E-state index contributed by atoms with van der Waals surface area (Å²) in [5.74, 6) is 1.52. The van der Waals surface area contributed by atoms with Crippen LogP contribution in [-0.2, 0) is 10.2 Å². The van der Waals surface area contributed by atoms with E-state index in [2.05, 4.69) is 43.5 Å². The third-order valence-electron chi connectivity index (χ3n) is 4.32. The summed E-state index contributed by atoms with van der Waals surface area (Å²) >= 11 is 0. The van der Waals surface area contributed by atoms with Crippen LogP contribution in [0.4, 0.5) is 0 Å². The largest absolute Gasteiger partial charge is 0.492 e. The third kappa shape index (κ3) is 5.70. The average molecular weight is 341 g/mol. The zero-order chi connectivity index (χ0) is 16.2. The van der Waals surface area contributed by atoms with Crippen LogP contribution in [0, 0.1) is 11.8 Å². The molecule has 0 aliphatic carbocycles. The zero-order valence-electron chi connectivity index (χ0n) is 14.5. The van der Waals surface area contributed by atoms with E-state index in [1.54, 1.807) is 0 Å².